The van der Waals surface area contributed by atoms with Gasteiger partial charge in [-0.2, -0.15) is 0 Å². The summed E-state index contributed by atoms with van der Waals surface area (Å²) in [7, 11) is 3.38. The highest BCUT2D eigenvalue weighted by Gasteiger charge is 2.40. The summed E-state index contributed by atoms with van der Waals surface area (Å²) in [4.78, 5) is 42.9. The molecule has 0 bridgehead atoms. The van der Waals surface area contributed by atoms with Crippen LogP contribution in [0.4, 0.5) is 11.4 Å². The highest BCUT2D eigenvalue weighted by Crippen LogP contribution is 2.40. The fourth-order valence-electron chi connectivity index (χ4n) is 3.70. The Labute approximate surface area is 159 Å². The quantitative estimate of drug-likeness (QED) is 0.795. The van der Waals surface area contributed by atoms with Gasteiger partial charge in [-0.15, -0.1) is 6.58 Å². The highest BCUT2D eigenvalue weighted by molar-refractivity contribution is 6.09. The summed E-state index contributed by atoms with van der Waals surface area (Å²) in [5.74, 6) is -0.463. The van der Waals surface area contributed by atoms with Crippen LogP contribution in [0.1, 0.15) is 29.6 Å². The number of carbonyl (C=O) groups excluding carboxylic acids is 3. The first-order valence-corrected chi connectivity index (χ1v) is 9.25. The molecule has 144 valence electrons. The van der Waals surface area contributed by atoms with Crippen LogP contribution in [-0.4, -0.2) is 62.4 Å². The van der Waals surface area contributed by atoms with Crippen LogP contribution in [0.25, 0.3) is 0 Å². The Bertz CT molecular complexity index is 774. The number of amides is 3. The molecule has 1 fully saturated rings. The summed E-state index contributed by atoms with van der Waals surface area (Å²) in [5.41, 5.74) is 2.03. The second-order valence-corrected chi connectivity index (χ2v) is 7.13. The lowest BCUT2D eigenvalue weighted by Gasteiger charge is -2.45. The molecule has 3 rings (SSSR count). The second-order valence-electron chi connectivity index (χ2n) is 7.13. The van der Waals surface area contributed by atoms with E-state index in [-0.39, 0.29) is 30.3 Å². The number of hydrogen-bond donors (Lipinski definition) is 1. The zero-order valence-electron chi connectivity index (χ0n) is 15.9. The Morgan fingerprint density at radius 2 is 2.07 bits per heavy atom. The van der Waals surface area contributed by atoms with E-state index in [9.17, 15) is 14.4 Å². The number of carbonyl (C=O) groups is 3. The predicted octanol–water partition coefficient (Wildman–Crippen LogP) is 1.40. The number of rotatable bonds is 5. The molecular weight excluding hydrogens is 344 g/mol. The minimum Gasteiger partial charge on any atom is -0.358 e. The van der Waals surface area contributed by atoms with Crippen LogP contribution < -0.4 is 15.1 Å². The maximum atomic E-state index is 13.1. The van der Waals surface area contributed by atoms with Crippen LogP contribution in [0.3, 0.4) is 0 Å². The van der Waals surface area contributed by atoms with Gasteiger partial charge in [-0.25, -0.2) is 0 Å². The number of nitrogens with zero attached hydrogens (tertiary/aromatic N) is 3. The maximum Gasteiger partial charge on any atom is 0.253 e. The maximum absolute atomic E-state index is 13.1. The van der Waals surface area contributed by atoms with E-state index >= 15 is 0 Å². The summed E-state index contributed by atoms with van der Waals surface area (Å²) in [6.07, 6.45) is 4.40. The molecule has 0 unspecified atom stereocenters. The van der Waals surface area contributed by atoms with Crippen molar-refractivity contribution in [3.05, 3.63) is 36.4 Å². The summed E-state index contributed by atoms with van der Waals surface area (Å²) < 4.78 is 0. The van der Waals surface area contributed by atoms with E-state index in [1.165, 1.54) is 9.80 Å². The summed E-state index contributed by atoms with van der Waals surface area (Å²) in [6, 6.07) is 5.17. The van der Waals surface area contributed by atoms with E-state index in [0.717, 1.165) is 31.5 Å². The molecule has 2 heterocycles. The van der Waals surface area contributed by atoms with Gasteiger partial charge in [0.05, 0.1) is 11.4 Å². The Morgan fingerprint density at radius 3 is 2.78 bits per heavy atom. The van der Waals surface area contributed by atoms with Crippen LogP contribution in [0, 0.1) is 0 Å². The smallest absolute Gasteiger partial charge is 0.253 e. The van der Waals surface area contributed by atoms with E-state index in [1.807, 2.05) is 6.07 Å². The third-order valence-corrected chi connectivity index (χ3v) is 5.03. The molecule has 0 spiro atoms. The third kappa shape index (κ3) is 3.67. The lowest BCUT2D eigenvalue weighted by molar-refractivity contribution is -0.124. The topological polar surface area (TPSA) is 73.0 Å². The number of hydrogen-bond acceptors (Lipinski definition) is 4. The highest BCUT2D eigenvalue weighted by atomic mass is 16.2. The normalized spacial score (nSPS) is 18.4. The monoisotopic (exact) mass is 370 g/mol. The standard InChI is InChI=1S/C20H26N4O3/c1-4-10-21-18(25)13-24-17-12-14(19(26)22(2)3)8-9-15(17)23-11-6-5-7-16(23)20(24)27/h4,8-9,12,16H,1,5-7,10-11,13H2,2-3H3,(H,21,25)/t16-/m1/s1. The lowest BCUT2D eigenvalue weighted by atomic mass is 9.95. The molecule has 1 N–H and O–H groups in total. The third-order valence-electron chi connectivity index (χ3n) is 5.03. The molecule has 2 aliphatic heterocycles. The minimum atomic E-state index is -0.247. The molecule has 1 aromatic carbocycles. The zero-order valence-corrected chi connectivity index (χ0v) is 15.9. The van der Waals surface area contributed by atoms with Gasteiger partial charge in [-0.05, 0) is 37.5 Å². The van der Waals surface area contributed by atoms with Crippen molar-refractivity contribution in [1.82, 2.24) is 10.2 Å². The van der Waals surface area contributed by atoms with Gasteiger partial charge in [0.1, 0.15) is 12.6 Å². The first-order chi connectivity index (χ1) is 12.9. The van der Waals surface area contributed by atoms with E-state index < -0.39 is 0 Å². The van der Waals surface area contributed by atoms with Crippen molar-refractivity contribution >= 4 is 29.1 Å². The summed E-state index contributed by atoms with van der Waals surface area (Å²) >= 11 is 0. The van der Waals surface area contributed by atoms with Crippen molar-refractivity contribution < 1.29 is 14.4 Å². The molecule has 0 aliphatic carbocycles. The second kappa shape index (κ2) is 7.82. The van der Waals surface area contributed by atoms with Gasteiger partial charge in [0.2, 0.25) is 11.8 Å². The summed E-state index contributed by atoms with van der Waals surface area (Å²) in [6.45, 7) is 4.68. The molecule has 2 aliphatic rings. The molecule has 7 heteroatoms. The number of fused-ring (bicyclic) bond motifs is 3. The van der Waals surface area contributed by atoms with E-state index in [4.69, 9.17) is 0 Å². The van der Waals surface area contributed by atoms with Gasteiger partial charge in [-0.1, -0.05) is 6.08 Å². The van der Waals surface area contributed by atoms with Gasteiger partial charge >= 0.3 is 0 Å². The SMILES string of the molecule is C=CCNC(=O)CN1C(=O)[C@H]2CCCCN2c2ccc(C(=O)N(C)C)cc21. The van der Waals surface area contributed by atoms with Crippen LogP contribution in [0.5, 0.6) is 0 Å². The molecule has 0 radical (unpaired) electrons. The van der Waals surface area contributed by atoms with E-state index in [2.05, 4.69) is 16.8 Å². The first-order valence-electron chi connectivity index (χ1n) is 9.25. The average Bonchev–Trinajstić information content (AvgIpc) is 2.68. The van der Waals surface area contributed by atoms with Gasteiger partial charge in [0.25, 0.3) is 5.91 Å². The largest absolute Gasteiger partial charge is 0.358 e. The average molecular weight is 370 g/mol. The fourth-order valence-corrected chi connectivity index (χ4v) is 3.70. The molecule has 7 nitrogen and oxygen atoms in total. The lowest BCUT2D eigenvalue weighted by Crippen LogP contribution is -2.57. The van der Waals surface area contributed by atoms with Gasteiger partial charge in [-0.3, -0.25) is 19.3 Å². The van der Waals surface area contributed by atoms with Crippen LogP contribution in [0.2, 0.25) is 0 Å². The van der Waals surface area contributed by atoms with Crippen molar-refractivity contribution in [2.24, 2.45) is 0 Å². The number of piperidine rings is 1. The van der Waals surface area contributed by atoms with Crippen molar-refractivity contribution in [3.8, 4) is 0 Å². The van der Waals surface area contributed by atoms with Crippen molar-refractivity contribution in [3.63, 3.8) is 0 Å². The van der Waals surface area contributed by atoms with Gasteiger partial charge in [0.15, 0.2) is 0 Å². The van der Waals surface area contributed by atoms with Crippen LogP contribution in [0.15, 0.2) is 30.9 Å². The molecule has 0 saturated carbocycles. The number of benzene rings is 1. The molecule has 0 aromatic heterocycles. The molecule has 1 saturated heterocycles. The van der Waals surface area contributed by atoms with Crippen molar-refractivity contribution in [2.45, 2.75) is 25.3 Å². The Morgan fingerprint density at radius 1 is 1.30 bits per heavy atom. The minimum absolute atomic E-state index is 0.0659. The summed E-state index contributed by atoms with van der Waals surface area (Å²) in [5, 5.41) is 2.72. The van der Waals surface area contributed by atoms with Gasteiger partial charge < -0.3 is 15.1 Å². The van der Waals surface area contributed by atoms with E-state index in [1.54, 1.807) is 32.3 Å². The molecule has 3 amide bonds. The van der Waals surface area contributed by atoms with Crippen LogP contribution >= 0.6 is 0 Å². The molecule has 1 atom stereocenters. The Kier molecular flexibility index (Phi) is 5.48. The predicted molar refractivity (Wildman–Crippen MR) is 105 cm³/mol. The van der Waals surface area contributed by atoms with Crippen molar-refractivity contribution in [1.29, 1.82) is 0 Å². The number of nitrogens with one attached hydrogen (secondary N) is 1. The van der Waals surface area contributed by atoms with Gasteiger partial charge in [0, 0.05) is 32.7 Å². The number of anilines is 2. The molecular formula is C20H26N4O3. The Hall–Kier alpha value is -2.83. The molecule has 1 aromatic rings. The van der Waals surface area contributed by atoms with E-state index in [0.29, 0.717) is 17.8 Å². The Balaban J connectivity index is 2.00. The zero-order chi connectivity index (χ0) is 19.6. The fraction of sp³-hybridized carbons (Fsp3) is 0.450. The van der Waals surface area contributed by atoms with Crippen molar-refractivity contribution in [2.75, 3.05) is 43.5 Å². The van der Waals surface area contributed by atoms with Crippen LogP contribution in [-0.2, 0) is 9.59 Å². The first kappa shape index (κ1) is 18.9. The molecule has 27 heavy (non-hydrogen) atoms.